The highest BCUT2D eigenvalue weighted by molar-refractivity contribution is 6.30. The number of piperidine rings is 1. The summed E-state index contributed by atoms with van der Waals surface area (Å²) >= 11 is 5.83. The SMILES string of the molecule is OC1CC[NH+](Cc2ccc(Cl)cc2)CC1. The minimum absolute atomic E-state index is 0.0704. The molecule has 0 bridgehead atoms. The number of aliphatic hydroxyl groups is 1. The number of quaternary nitrogens is 1. The summed E-state index contributed by atoms with van der Waals surface area (Å²) in [6, 6.07) is 8.05. The van der Waals surface area contributed by atoms with Crippen LogP contribution in [-0.4, -0.2) is 24.3 Å². The van der Waals surface area contributed by atoms with Crippen LogP contribution in [0.15, 0.2) is 24.3 Å². The molecule has 15 heavy (non-hydrogen) atoms. The highest BCUT2D eigenvalue weighted by atomic mass is 35.5. The summed E-state index contributed by atoms with van der Waals surface area (Å²) in [5.41, 5.74) is 1.32. The predicted molar refractivity (Wildman–Crippen MR) is 61.1 cm³/mol. The minimum atomic E-state index is -0.0704. The fourth-order valence-electron chi connectivity index (χ4n) is 2.08. The molecule has 1 fully saturated rings. The number of halogens is 1. The molecule has 0 aromatic heterocycles. The molecular weight excluding hydrogens is 210 g/mol. The van der Waals surface area contributed by atoms with Crippen molar-refractivity contribution in [3.8, 4) is 0 Å². The number of hydrogen-bond donors (Lipinski definition) is 2. The number of benzene rings is 1. The molecule has 0 radical (unpaired) electrons. The van der Waals surface area contributed by atoms with Gasteiger partial charge in [-0.15, -0.1) is 0 Å². The van der Waals surface area contributed by atoms with E-state index >= 15 is 0 Å². The van der Waals surface area contributed by atoms with E-state index in [0.29, 0.717) is 0 Å². The van der Waals surface area contributed by atoms with Gasteiger partial charge in [0.05, 0.1) is 19.2 Å². The normalized spacial score (nSPS) is 26.5. The molecule has 1 aliphatic rings. The Kier molecular flexibility index (Phi) is 3.62. The zero-order chi connectivity index (χ0) is 10.7. The molecule has 0 amide bonds. The molecule has 1 aromatic carbocycles. The van der Waals surface area contributed by atoms with Gasteiger partial charge in [-0.05, 0) is 12.1 Å². The van der Waals surface area contributed by atoms with Crippen LogP contribution >= 0.6 is 11.6 Å². The Morgan fingerprint density at radius 3 is 2.40 bits per heavy atom. The lowest BCUT2D eigenvalue weighted by molar-refractivity contribution is -0.919. The predicted octanol–water partition coefficient (Wildman–Crippen LogP) is 0.880. The first-order valence-electron chi connectivity index (χ1n) is 5.50. The first kappa shape index (κ1) is 10.9. The van der Waals surface area contributed by atoms with E-state index in [2.05, 4.69) is 12.1 Å². The number of rotatable bonds is 2. The van der Waals surface area contributed by atoms with Gasteiger partial charge in [0.1, 0.15) is 6.54 Å². The summed E-state index contributed by atoms with van der Waals surface area (Å²) in [6.45, 7) is 3.19. The van der Waals surface area contributed by atoms with Crippen LogP contribution in [-0.2, 0) is 6.54 Å². The van der Waals surface area contributed by atoms with Crippen molar-refractivity contribution in [2.75, 3.05) is 13.1 Å². The van der Waals surface area contributed by atoms with E-state index in [9.17, 15) is 5.11 Å². The molecule has 2 N–H and O–H groups in total. The summed E-state index contributed by atoms with van der Waals surface area (Å²) in [5.74, 6) is 0. The Hall–Kier alpha value is -0.570. The number of nitrogens with one attached hydrogen (secondary N) is 1. The van der Waals surface area contributed by atoms with Gasteiger partial charge >= 0.3 is 0 Å². The highest BCUT2D eigenvalue weighted by Crippen LogP contribution is 2.08. The lowest BCUT2D eigenvalue weighted by Crippen LogP contribution is -3.12. The van der Waals surface area contributed by atoms with E-state index in [-0.39, 0.29) is 6.10 Å². The Labute approximate surface area is 95.5 Å². The maximum Gasteiger partial charge on any atom is 0.103 e. The first-order chi connectivity index (χ1) is 7.24. The van der Waals surface area contributed by atoms with Gasteiger partial charge in [0, 0.05) is 23.4 Å². The fraction of sp³-hybridized carbons (Fsp3) is 0.500. The molecule has 3 heteroatoms. The van der Waals surface area contributed by atoms with Crippen LogP contribution in [0.1, 0.15) is 18.4 Å². The van der Waals surface area contributed by atoms with Crippen molar-refractivity contribution in [2.45, 2.75) is 25.5 Å². The van der Waals surface area contributed by atoms with Crippen molar-refractivity contribution < 1.29 is 10.0 Å². The first-order valence-corrected chi connectivity index (χ1v) is 5.88. The van der Waals surface area contributed by atoms with Gasteiger partial charge in [0.15, 0.2) is 0 Å². The lowest BCUT2D eigenvalue weighted by atomic mass is 10.1. The zero-order valence-electron chi connectivity index (χ0n) is 8.75. The van der Waals surface area contributed by atoms with Gasteiger partial charge in [-0.3, -0.25) is 0 Å². The van der Waals surface area contributed by atoms with Crippen LogP contribution in [0.2, 0.25) is 5.02 Å². The molecule has 1 aliphatic heterocycles. The van der Waals surface area contributed by atoms with E-state index in [1.165, 1.54) is 5.56 Å². The lowest BCUT2D eigenvalue weighted by Gasteiger charge is -2.26. The quantitative estimate of drug-likeness (QED) is 0.769. The molecule has 0 atom stereocenters. The van der Waals surface area contributed by atoms with Gasteiger partial charge in [-0.2, -0.15) is 0 Å². The Morgan fingerprint density at radius 2 is 1.80 bits per heavy atom. The maximum atomic E-state index is 9.40. The highest BCUT2D eigenvalue weighted by Gasteiger charge is 2.19. The topological polar surface area (TPSA) is 24.7 Å². The van der Waals surface area contributed by atoms with Crippen LogP contribution in [0.3, 0.4) is 0 Å². The zero-order valence-corrected chi connectivity index (χ0v) is 9.50. The van der Waals surface area contributed by atoms with E-state index in [4.69, 9.17) is 11.6 Å². The summed E-state index contributed by atoms with van der Waals surface area (Å²) < 4.78 is 0. The Bertz CT molecular complexity index is 304. The third-order valence-electron chi connectivity index (χ3n) is 3.03. The standard InChI is InChI=1S/C12H16ClNO/c13-11-3-1-10(2-4-11)9-14-7-5-12(15)6-8-14/h1-4,12,15H,5-9H2/p+1. The van der Waals surface area contributed by atoms with Crippen LogP contribution in [0, 0.1) is 0 Å². The third kappa shape index (κ3) is 3.20. The minimum Gasteiger partial charge on any atom is -0.393 e. The van der Waals surface area contributed by atoms with Gasteiger partial charge in [-0.25, -0.2) is 0 Å². The van der Waals surface area contributed by atoms with Crippen LogP contribution < -0.4 is 4.90 Å². The molecule has 0 spiro atoms. The molecule has 2 rings (SSSR count). The summed E-state index contributed by atoms with van der Waals surface area (Å²) in [4.78, 5) is 1.56. The monoisotopic (exact) mass is 226 g/mol. The molecule has 1 heterocycles. The van der Waals surface area contributed by atoms with Crippen LogP contribution in [0.25, 0.3) is 0 Å². The third-order valence-corrected chi connectivity index (χ3v) is 3.28. The molecule has 0 saturated carbocycles. The molecular formula is C12H17ClNO+. The number of hydrogen-bond acceptors (Lipinski definition) is 1. The molecule has 82 valence electrons. The average Bonchev–Trinajstić information content (AvgIpc) is 2.25. The summed E-state index contributed by atoms with van der Waals surface area (Å²) in [5, 5.41) is 10.2. The molecule has 0 aliphatic carbocycles. The molecule has 1 saturated heterocycles. The number of aliphatic hydroxyl groups excluding tert-OH is 1. The van der Waals surface area contributed by atoms with Crippen molar-refractivity contribution >= 4 is 11.6 Å². The van der Waals surface area contributed by atoms with Gasteiger partial charge < -0.3 is 10.0 Å². The second-order valence-electron chi connectivity index (χ2n) is 4.28. The largest absolute Gasteiger partial charge is 0.393 e. The van der Waals surface area contributed by atoms with Crippen molar-refractivity contribution in [1.82, 2.24) is 0 Å². The van der Waals surface area contributed by atoms with Gasteiger partial charge in [0.2, 0.25) is 0 Å². The van der Waals surface area contributed by atoms with Crippen molar-refractivity contribution in [2.24, 2.45) is 0 Å². The maximum absolute atomic E-state index is 9.40. The van der Waals surface area contributed by atoms with Crippen molar-refractivity contribution in [3.63, 3.8) is 0 Å². The number of likely N-dealkylation sites (tertiary alicyclic amines) is 1. The van der Waals surface area contributed by atoms with Gasteiger partial charge in [0.25, 0.3) is 0 Å². The van der Waals surface area contributed by atoms with E-state index in [0.717, 1.165) is 37.5 Å². The van der Waals surface area contributed by atoms with Crippen molar-refractivity contribution in [1.29, 1.82) is 0 Å². The van der Waals surface area contributed by atoms with Gasteiger partial charge in [-0.1, -0.05) is 23.7 Å². The average molecular weight is 227 g/mol. The molecule has 1 aromatic rings. The fourth-order valence-corrected chi connectivity index (χ4v) is 2.20. The Balaban J connectivity index is 1.89. The van der Waals surface area contributed by atoms with Crippen LogP contribution in [0.5, 0.6) is 0 Å². The van der Waals surface area contributed by atoms with E-state index in [1.54, 1.807) is 4.90 Å². The molecule has 2 nitrogen and oxygen atoms in total. The summed E-state index contributed by atoms with van der Waals surface area (Å²) in [6.07, 6.45) is 1.80. The van der Waals surface area contributed by atoms with Crippen molar-refractivity contribution in [3.05, 3.63) is 34.9 Å². The molecule has 0 unspecified atom stereocenters. The smallest absolute Gasteiger partial charge is 0.103 e. The second-order valence-corrected chi connectivity index (χ2v) is 4.72. The van der Waals surface area contributed by atoms with E-state index in [1.807, 2.05) is 12.1 Å². The van der Waals surface area contributed by atoms with Crippen LogP contribution in [0.4, 0.5) is 0 Å². The summed E-state index contributed by atoms with van der Waals surface area (Å²) in [7, 11) is 0. The Morgan fingerprint density at radius 1 is 1.20 bits per heavy atom. The second kappa shape index (κ2) is 4.97. The van der Waals surface area contributed by atoms with E-state index < -0.39 is 0 Å².